The Labute approximate surface area is 102 Å². The number of nitrogens with zero attached hydrogens (tertiary/aromatic N) is 1. The van der Waals surface area contributed by atoms with Gasteiger partial charge in [-0.3, -0.25) is 9.55 Å². The maximum absolute atomic E-state index is 11.7. The number of thioether (sulfide) groups is 1. The zero-order valence-corrected chi connectivity index (χ0v) is 10.1. The number of rotatable bonds is 1. The number of aryl methyl sites for hydroxylation is 1. The van der Waals surface area contributed by atoms with Crippen molar-refractivity contribution >= 4 is 11.8 Å². The third-order valence-corrected chi connectivity index (χ3v) is 4.22. The second kappa shape index (κ2) is 3.70. The van der Waals surface area contributed by atoms with E-state index in [2.05, 4.69) is 4.98 Å². The van der Waals surface area contributed by atoms with Gasteiger partial charge in [0.2, 0.25) is 5.88 Å². The molecule has 1 aliphatic rings. The maximum Gasteiger partial charge on any atom is 0.329 e. The summed E-state index contributed by atoms with van der Waals surface area (Å²) in [5, 5.41) is 9.54. The Morgan fingerprint density at radius 2 is 2.12 bits per heavy atom. The van der Waals surface area contributed by atoms with Gasteiger partial charge < -0.3 is 5.11 Å². The van der Waals surface area contributed by atoms with Crippen LogP contribution in [-0.2, 0) is 5.75 Å². The summed E-state index contributed by atoms with van der Waals surface area (Å²) in [4.78, 5) is 14.2. The Kier molecular flexibility index (Phi) is 2.29. The molecule has 0 fully saturated rings. The van der Waals surface area contributed by atoms with Gasteiger partial charge in [-0.25, -0.2) is 4.79 Å². The summed E-state index contributed by atoms with van der Waals surface area (Å²) in [7, 11) is 0. The molecule has 0 saturated heterocycles. The molecule has 0 saturated carbocycles. The van der Waals surface area contributed by atoms with Crippen molar-refractivity contribution in [2.45, 2.75) is 18.1 Å². The number of aromatic nitrogens is 2. The minimum Gasteiger partial charge on any atom is -0.493 e. The average molecular weight is 248 g/mol. The number of H-pyrrole nitrogens is 1. The fourth-order valence-electron chi connectivity index (χ4n) is 2.07. The van der Waals surface area contributed by atoms with Crippen LogP contribution in [0, 0.1) is 6.92 Å². The lowest BCUT2D eigenvalue weighted by Crippen LogP contribution is -2.19. The first-order chi connectivity index (χ1) is 8.16. The van der Waals surface area contributed by atoms with Crippen molar-refractivity contribution in [1.82, 2.24) is 9.55 Å². The second-order valence-corrected chi connectivity index (χ2v) is 5.24. The standard InChI is InChI=1S/C12H12N2O2S/c1-7-2-4-8(5-3-7)11-14-9(6-17-11)10(15)13-12(14)16/h2-5,11,15H,6H2,1H3,(H,13,16). The summed E-state index contributed by atoms with van der Waals surface area (Å²) in [5.41, 5.74) is 2.72. The van der Waals surface area contributed by atoms with Crippen molar-refractivity contribution in [2.75, 3.05) is 0 Å². The molecule has 4 nitrogen and oxygen atoms in total. The molecule has 0 radical (unpaired) electrons. The highest BCUT2D eigenvalue weighted by Gasteiger charge is 2.29. The van der Waals surface area contributed by atoms with Crippen LogP contribution in [-0.4, -0.2) is 14.7 Å². The molecule has 0 amide bonds. The first-order valence-corrected chi connectivity index (χ1v) is 6.42. The largest absolute Gasteiger partial charge is 0.493 e. The molecule has 3 rings (SSSR count). The molecule has 0 bridgehead atoms. The van der Waals surface area contributed by atoms with Gasteiger partial charge in [-0.15, -0.1) is 11.8 Å². The van der Waals surface area contributed by atoms with Gasteiger partial charge in [-0.2, -0.15) is 0 Å². The summed E-state index contributed by atoms with van der Waals surface area (Å²) in [6.45, 7) is 2.03. The van der Waals surface area contributed by atoms with E-state index in [0.717, 1.165) is 5.56 Å². The molecular formula is C12H12N2O2S. The van der Waals surface area contributed by atoms with Crippen LogP contribution in [0.25, 0.3) is 0 Å². The zero-order chi connectivity index (χ0) is 12.0. The van der Waals surface area contributed by atoms with Gasteiger partial charge in [-0.05, 0) is 12.5 Å². The maximum atomic E-state index is 11.7. The minimum absolute atomic E-state index is 0.00267. The topological polar surface area (TPSA) is 58.0 Å². The Morgan fingerprint density at radius 1 is 1.41 bits per heavy atom. The molecule has 1 aromatic carbocycles. The van der Waals surface area contributed by atoms with Crippen molar-refractivity contribution in [2.24, 2.45) is 0 Å². The third-order valence-electron chi connectivity index (χ3n) is 2.98. The Balaban J connectivity index is 2.09. The van der Waals surface area contributed by atoms with Gasteiger partial charge in [0.15, 0.2) is 0 Å². The van der Waals surface area contributed by atoms with E-state index in [4.69, 9.17) is 0 Å². The first-order valence-electron chi connectivity index (χ1n) is 5.37. The normalized spacial score (nSPS) is 18.3. The molecule has 1 unspecified atom stereocenters. The highest BCUT2D eigenvalue weighted by atomic mass is 32.2. The van der Waals surface area contributed by atoms with E-state index in [0.29, 0.717) is 11.4 Å². The number of hydrogen-bond donors (Lipinski definition) is 2. The van der Waals surface area contributed by atoms with Gasteiger partial charge in [0, 0.05) is 5.75 Å². The summed E-state index contributed by atoms with van der Waals surface area (Å²) in [5.74, 6) is 0.653. The lowest BCUT2D eigenvalue weighted by Gasteiger charge is -2.11. The molecule has 0 spiro atoms. The van der Waals surface area contributed by atoms with Gasteiger partial charge in [0.1, 0.15) is 5.37 Å². The lowest BCUT2D eigenvalue weighted by atomic mass is 10.1. The number of benzene rings is 1. The fourth-order valence-corrected chi connectivity index (χ4v) is 3.38. The quantitative estimate of drug-likeness (QED) is 0.811. The molecule has 2 heterocycles. The molecule has 0 aliphatic carbocycles. The molecular weight excluding hydrogens is 236 g/mol. The van der Waals surface area contributed by atoms with Crippen LogP contribution < -0.4 is 5.69 Å². The molecule has 5 heteroatoms. The van der Waals surface area contributed by atoms with Crippen molar-refractivity contribution in [1.29, 1.82) is 0 Å². The number of aromatic amines is 1. The van der Waals surface area contributed by atoms with Crippen molar-refractivity contribution in [3.63, 3.8) is 0 Å². The number of fused-ring (bicyclic) bond motifs is 1. The van der Waals surface area contributed by atoms with Crippen LogP contribution in [0.1, 0.15) is 22.2 Å². The third kappa shape index (κ3) is 1.58. The first kappa shape index (κ1) is 10.5. The van der Waals surface area contributed by atoms with E-state index < -0.39 is 0 Å². The van der Waals surface area contributed by atoms with Crippen LogP contribution in [0.5, 0.6) is 5.88 Å². The van der Waals surface area contributed by atoms with Gasteiger partial charge >= 0.3 is 5.69 Å². The summed E-state index contributed by atoms with van der Waals surface area (Å²) < 4.78 is 1.63. The van der Waals surface area contributed by atoms with E-state index in [1.54, 1.807) is 16.3 Å². The SMILES string of the molecule is Cc1ccc(C2SCc3c(O)[nH]c(=O)n32)cc1. The Morgan fingerprint density at radius 3 is 2.82 bits per heavy atom. The fraction of sp³-hybridized carbons (Fsp3) is 0.250. The Hall–Kier alpha value is -1.62. The molecule has 17 heavy (non-hydrogen) atoms. The molecule has 1 atom stereocenters. The number of imidazole rings is 1. The molecule has 1 aromatic heterocycles. The molecule has 2 aromatic rings. The van der Waals surface area contributed by atoms with E-state index in [-0.39, 0.29) is 16.9 Å². The second-order valence-electron chi connectivity index (χ2n) is 4.17. The van der Waals surface area contributed by atoms with Gasteiger partial charge in [0.05, 0.1) is 5.69 Å². The van der Waals surface area contributed by atoms with Crippen molar-refractivity contribution in [3.05, 3.63) is 51.6 Å². The highest BCUT2D eigenvalue weighted by Crippen LogP contribution is 2.41. The average Bonchev–Trinajstić information content (AvgIpc) is 2.84. The molecule has 1 aliphatic heterocycles. The van der Waals surface area contributed by atoms with Crippen LogP contribution in [0.4, 0.5) is 0 Å². The summed E-state index contributed by atoms with van der Waals surface area (Å²) in [6.07, 6.45) is 0. The number of aromatic hydroxyl groups is 1. The smallest absolute Gasteiger partial charge is 0.329 e. The predicted octanol–water partition coefficient (Wildman–Crippen LogP) is 1.98. The minimum atomic E-state index is -0.243. The van der Waals surface area contributed by atoms with Gasteiger partial charge in [0.25, 0.3) is 0 Å². The van der Waals surface area contributed by atoms with E-state index in [1.165, 1.54) is 5.56 Å². The molecule has 2 N–H and O–H groups in total. The van der Waals surface area contributed by atoms with E-state index >= 15 is 0 Å². The number of nitrogens with one attached hydrogen (secondary N) is 1. The predicted molar refractivity (Wildman–Crippen MR) is 67.3 cm³/mol. The van der Waals surface area contributed by atoms with E-state index in [1.807, 2.05) is 31.2 Å². The lowest BCUT2D eigenvalue weighted by molar-refractivity contribution is 0.450. The summed E-state index contributed by atoms with van der Waals surface area (Å²) in [6, 6.07) is 8.12. The van der Waals surface area contributed by atoms with E-state index in [9.17, 15) is 9.90 Å². The number of hydrogen-bond acceptors (Lipinski definition) is 3. The van der Waals surface area contributed by atoms with Crippen molar-refractivity contribution < 1.29 is 5.11 Å². The summed E-state index contributed by atoms with van der Waals surface area (Å²) >= 11 is 1.65. The van der Waals surface area contributed by atoms with Crippen LogP contribution >= 0.6 is 11.8 Å². The van der Waals surface area contributed by atoms with Gasteiger partial charge in [-0.1, -0.05) is 29.8 Å². The van der Waals surface area contributed by atoms with Crippen LogP contribution in [0.3, 0.4) is 0 Å². The van der Waals surface area contributed by atoms with Crippen LogP contribution in [0.15, 0.2) is 29.1 Å². The zero-order valence-electron chi connectivity index (χ0n) is 9.30. The Bertz CT molecular complexity index is 612. The monoisotopic (exact) mass is 248 g/mol. The van der Waals surface area contributed by atoms with Crippen molar-refractivity contribution in [3.8, 4) is 5.88 Å². The van der Waals surface area contributed by atoms with Crippen LogP contribution in [0.2, 0.25) is 0 Å². The highest BCUT2D eigenvalue weighted by molar-refractivity contribution is 7.99. The molecule has 88 valence electrons.